The van der Waals surface area contributed by atoms with E-state index in [4.69, 9.17) is 13.9 Å². The quantitative estimate of drug-likeness (QED) is 0.481. The Morgan fingerprint density at radius 1 is 1.06 bits per heavy atom. The molecule has 1 aliphatic rings. The van der Waals surface area contributed by atoms with E-state index in [9.17, 15) is 18.7 Å². The predicted octanol–water partition coefficient (Wildman–Crippen LogP) is 5.05. The molecule has 0 radical (unpaired) electrons. The molecule has 1 aliphatic carbocycles. The lowest BCUT2D eigenvalue weighted by atomic mass is 9.83. The van der Waals surface area contributed by atoms with Crippen LogP contribution in [0.15, 0.2) is 47.1 Å². The van der Waals surface area contributed by atoms with Crippen molar-refractivity contribution >= 4 is 5.91 Å². The Kier molecular flexibility index (Phi) is 6.77. The first-order valence-electron chi connectivity index (χ1n) is 11.0. The molecule has 2 aromatic carbocycles. The van der Waals surface area contributed by atoms with Crippen molar-refractivity contribution in [1.29, 1.82) is 0 Å². The summed E-state index contributed by atoms with van der Waals surface area (Å²) in [7, 11) is 2.89. The molecular formula is C26H27F2NO5. The van der Waals surface area contributed by atoms with Gasteiger partial charge in [-0.05, 0) is 77.3 Å². The summed E-state index contributed by atoms with van der Waals surface area (Å²) >= 11 is 0. The van der Waals surface area contributed by atoms with Crippen LogP contribution in [-0.2, 0) is 17.8 Å². The highest BCUT2D eigenvalue weighted by molar-refractivity contribution is 5.77. The lowest BCUT2D eigenvalue weighted by Crippen LogP contribution is -2.25. The molecule has 6 nitrogen and oxygen atoms in total. The first-order chi connectivity index (χ1) is 16.3. The van der Waals surface area contributed by atoms with E-state index < -0.39 is 11.6 Å². The molecule has 1 amide bonds. The van der Waals surface area contributed by atoms with Gasteiger partial charge in [-0.25, -0.2) is 8.78 Å². The average Bonchev–Trinajstić information content (AvgIpc) is 3.42. The monoisotopic (exact) mass is 471 g/mol. The van der Waals surface area contributed by atoms with Gasteiger partial charge in [0, 0.05) is 6.42 Å². The lowest BCUT2D eigenvalue weighted by Gasteiger charge is -2.22. The fourth-order valence-corrected chi connectivity index (χ4v) is 4.85. The second kappa shape index (κ2) is 9.75. The fourth-order valence-electron chi connectivity index (χ4n) is 4.85. The molecule has 3 aromatic rings. The number of hydrogen-bond donors (Lipinski definition) is 2. The Morgan fingerprint density at radius 2 is 1.68 bits per heavy atom. The van der Waals surface area contributed by atoms with Gasteiger partial charge in [-0.1, -0.05) is 6.92 Å². The summed E-state index contributed by atoms with van der Waals surface area (Å²) in [6, 6.07) is 9.36. The molecule has 2 N–H and O–H groups in total. The molecule has 0 fully saturated rings. The van der Waals surface area contributed by atoms with E-state index in [1.807, 2.05) is 6.92 Å². The van der Waals surface area contributed by atoms with Crippen LogP contribution in [0.3, 0.4) is 0 Å². The van der Waals surface area contributed by atoms with Gasteiger partial charge in [0.2, 0.25) is 11.7 Å². The van der Waals surface area contributed by atoms with Crippen LogP contribution in [-0.4, -0.2) is 25.2 Å². The minimum Gasteiger partial charge on any atom is -0.502 e. The van der Waals surface area contributed by atoms with Crippen LogP contribution >= 0.6 is 0 Å². The third-order valence-electron chi connectivity index (χ3n) is 6.63. The number of halogens is 2. The third kappa shape index (κ3) is 4.58. The maximum Gasteiger partial charge on any atom is 0.220 e. The van der Waals surface area contributed by atoms with Gasteiger partial charge in [0.15, 0.2) is 23.1 Å². The first-order valence-corrected chi connectivity index (χ1v) is 11.0. The fraction of sp³-hybridized carbons (Fsp3) is 0.346. The molecule has 3 atom stereocenters. The number of aromatic hydroxyl groups is 1. The van der Waals surface area contributed by atoms with E-state index in [0.29, 0.717) is 23.3 Å². The van der Waals surface area contributed by atoms with Gasteiger partial charge in [0.25, 0.3) is 0 Å². The van der Waals surface area contributed by atoms with Gasteiger partial charge in [0.1, 0.15) is 5.76 Å². The SMILES string of the molecule is COc1cc(CC2c3cc(F)c(F)cc3C(CC(=O)NCc3ccco3)C2C)cc(OC)c1O. The largest absolute Gasteiger partial charge is 0.502 e. The smallest absolute Gasteiger partial charge is 0.220 e. The van der Waals surface area contributed by atoms with Crippen LogP contribution in [0.2, 0.25) is 0 Å². The van der Waals surface area contributed by atoms with Crippen LogP contribution in [0.1, 0.15) is 47.6 Å². The molecule has 4 rings (SSSR count). The third-order valence-corrected chi connectivity index (χ3v) is 6.63. The van der Waals surface area contributed by atoms with E-state index in [-0.39, 0.29) is 53.9 Å². The number of benzene rings is 2. The van der Waals surface area contributed by atoms with Crippen molar-refractivity contribution in [1.82, 2.24) is 5.32 Å². The van der Waals surface area contributed by atoms with Crippen molar-refractivity contribution in [2.24, 2.45) is 5.92 Å². The number of nitrogens with one attached hydrogen (secondary N) is 1. The molecule has 0 saturated carbocycles. The lowest BCUT2D eigenvalue weighted by molar-refractivity contribution is -0.121. The summed E-state index contributed by atoms with van der Waals surface area (Å²) in [4.78, 5) is 12.7. The van der Waals surface area contributed by atoms with Crippen LogP contribution in [0.4, 0.5) is 8.78 Å². The molecule has 8 heteroatoms. The molecule has 180 valence electrons. The summed E-state index contributed by atoms with van der Waals surface area (Å²) in [6.07, 6.45) is 2.14. The van der Waals surface area contributed by atoms with Gasteiger partial charge >= 0.3 is 0 Å². The number of carbonyl (C=O) groups is 1. The number of hydrogen-bond acceptors (Lipinski definition) is 5. The number of amides is 1. The number of phenols is 1. The standard InChI is InChI=1S/C26H27F2NO5/c1-14-17(7-15-8-23(32-2)26(31)24(9-15)33-3)19-10-21(27)22(28)11-20(19)18(14)12-25(30)29-13-16-5-4-6-34-16/h4-6,8-11,14,17-18,31H,7,12-13H2,1-3H3,(H,29,30). The zero-order valence-corrected chi connectivity index (χ0v) is 19.2. The Hall–Kier alpha value is -3.55. The maximum atomic E-state index is 14.2. The second-order valence-electron chi connectivity index (χ2n) is 8.58. The number of phenolic OH excluding ortho intramolecular Hbond substituents is 1. The Bertz CT molecular complexity index is 1150. The zero-order valence-electron chi connectivity index (χ0n) is 19.2. The van der Waals surface area contributed by atoms with Gasteiger partial charge in [-0.3, -0.25) is 4.79 Å². The molecular weight excluding hydrogens is 444 g/mol. The van der Waals surface area contributed by atoms with Gasteiger partial charge in [0.05, 0.1) is 27.0 Å². The molecule has 0 aliphatic heterocycles. The molecule has 0 spiro atoms. The van der Waals surface area contributed by atoms with E-state index in [0.717, 1.165) is 5.56 Å². The van der Waals surface area contributed by atoms with Crippen molar-refractivity contribution in [3.63, 3.8) is 0 Å². The molecule has 3 unspecified atom stereocenters. The first kappa shape index (κ1) is 23.6. The number of ether oxygens (including phenoxy) is 2. The van der Waals surface area contributed by atoms with Gasteiger partial charge in [-0.15, -0.1) is 0 Å². The molecule has 34 heavy (non-hydrogen) atoms. The summed E-state index contributed by atoms with van der Waals surface area (Å²) in [5, 5.41) is 13.0. The van der Waals surface area contributed by atoms with Crippen molar-refractivity contribution in [3.8, 4) is 17.2 Å². The number of furan rings is 1. The topological polar surface area (TPSA) is 80.9 Å². The maximum absolute atomic E-state index is 14.2. The van der Waals surface area contributed by atoms with Gasteiger partial charge < -0.3 is 24.3 Å². The van der Waals surface area contributed by atoms with E-state index >= 15 is 0 Å². The van der Waals surface area contributed by atoms with Crippen molar-refractivity contribution in [2.45, 2.75) is 38.1 Å². The summed E-state index contributed by atoms with van der Waals surface area (Å²) in [5.41, 5.74) is 2.13. The van der Waals surface area contributed by atoms with Crippen LogP contribution in [0, 0.1) is 17.6 Å². The number of rotatable bonds is 8. The predicted molar refractivity (Wildman–Crippen MR) is 121 cm³/mol. The number of methoxy groups -OCH3 is 2. The second-order valence-corrected chi connectivity index (χ2v) is 8.58. The van der Waals surface area contributed by atoms with Crippen LogP contribution in [0.5, 0.6) is 17.2 Å². The average molecular weight is 472 g/mol. The van der Waals surface area contributed by atoms with Crippen molar-refractivity contribution < 1.29 is 32.6 Å². The summed E-state index contributed by atoms with van der Waals surface area (Å²) < 4.78 is 44.2. The van der Waals surface area contributed by atoms with Crippen molar-refractivity contribution in [2.75, 3.05) is 14.2 Å². The van der Waals surface area contributed by atoms with Crippen LogP contribution < -0.4 is 14.8 Å². The van der Waals surface area contributed by atoms with E-state index in [1.54, 1.807) is 24.3 Å². The molecule has 0 bridgehead atoms. The highest BCUT2D eigenvalue weighted by Crippen LogP contribution is 2.50. The molecule has 0 saturated heterocycles. The summed E-state index contributed by atoms with van der Waals surface area (Å²) in [6.45, 7) is 2.24. The van der Waals surface area contributed by atoms with Crippen molar-refractivity contribution in [3.05, 3.63) is 76.7 Å². The van der Waals surface area contributed by atoms with E-state index in [1.165, 1.54) is 32.6 Å². The molecule has 1 aromatic heterocycles. The van der Waals surface area contributed by atoms with E-state index in [2.05, 4.69) is 5.32 Å². The van der Waals surface area contributed by atoms with Crippen LogP contribution in [0.25, 0.3) is 0 Å². The molecule has 1 heterocycles. The number of fused-ring (bicyclic) bond motifs is 1. The minimum atomic E-state index is -0.930. The Balaban J connectivity index is 1.61. The summed E-state index contributed by atoms with van der Waals surface area (Å²) in [5.74, 6) is -1.52. The highest BCUT2D eigenvalue weighted by Gasteiger charge is 2.40. The normalized spacial score (nSPS) is 19.0. The van der Waals surface area contributed by atoms with Gasteiger partial charge in [-0.2, -0.15) is 0 Å². The highest BCUT2D eigenvalue weighted by atomic mass is 19.2. The minimum absolute atomic E-state index is 0.0728. The Morgan fingerprint density at radius 3 is 2.24 bits per heavy atom. The zero-order chi connectivity index (χ0) is 24.4. The Labute approximate surface area is 196 Å². The number of carbonyl (C=O) groups excluding carboxylic acids is 1.